The summed E-state index contributed by atoms with van der Waals surface area (Å²) < 4.78 is 24.5. The molecule has 0 radical (unpaired) electrons. The van der Waals surface area contributed by atoms with E-state index < -0.39 is 6.10 Å². The molecule has 1 heterocycles. The maximum Gasteiger partial charge on any atom is 0.129 e. The molecular formula is C14H16FNO2. The van der Waals surface area contributed by atoms with E-state index in [2.05, 4.69) is 0 Å². The van der Waals surface area contributed by atoms with Gasteiger partial charge < -0.3 is 14.9 Å². The number of ether oxygens (including phenoxy) is 1. The molecule has 4 heteroatoms. The molecule has 0 spiro atoms. The van der Waals surface area contributed by atoms with Crippen LogP contribution in [0.5, 0.6) is 0 Å². The molecule has 1 aromatic carbocycles. The van der Waals surface area contributed by atoms with Crippen molar-refractivity contribution in [3.8, 4) is 0 Å². The van der Waals surface area contributed by atoms with Gasteiger partial charge in [-0.15, -0.1) is 0 Å². The minimum atomic E-state index is -0.490. The van der Waals surface area contributed by atoms with Crippen molar-refractivity contribution in [3.63, 3.8) is 0 Å². The molecule has 0 saturated carbocycles. The van der Waals surface area contributed by atoms with Gasteiger partial charge in [0.1, 0.15) is 24.3 Å². The Morgan fingerprint density at radius 2 is 2.06 bits per heavy atom. The zero-order valence-corrected chi connectivity index (χ0v) is 10.2. The molecule has 3 nitrogen and oxygen atoms in total. The van der Waals surface area contributed by atoms with Crippen LogP contribution < -0.4 is 5.73 Å². The molecule has 2 rings (SSSR count). The van der Waals surface area contributed by atoms with Gasteiger partial charge in [-0.25, -0.2) is 4.39 Å². The average molecular weight is 249 g/mol. The van der Waals surface area contributed by atoms with Gasteiger partial charge in [0.15, 0.2) is 0 Å². The second-order valence-electron chi connectivity index (χ2n) is 4.19. The van der Waals surface area contributed by atoms with Crippen molar-refractivity contribution in [2.45, 2.75) is 25.7 Å². The molecule has 1 aromatic heterocycles. The lowest BCUT2D eigenvalue weighted by Gasteiger charge is -2.21. The first-order chi connectivity index (χ1) is 8.68. The van der Waals surface area contributed by atoms with E-state index in [4.69, 9.17) is 14.9 Å². The minimum absolute atomic E-state index is 0.271. The third-order valence-corrected chi connectivity index (χ3v) is 2.67. The first-order valence-electron chi connectivity index (χ1n) is 5.82. The molecule has 0 aliphatic heterocycles. The Morgan fingerprint density at radius 3 is 2.67 bits per heavy atom. The Labute approximate surface area is 105 Å². The van der Waals surface area contributed by atoms with E-state index in [9.17, 15) is 4.39 Å². The number of halogens is 1. The average Bonchev–Trinajstić information content (AvgIpc) is 2.84. The third-order valence-electron chi connectivity index (χ3n) is 2.67. The van der Waals surface area contributed by atoms with E-state index in [0.29, 0.717) is 11.3 Å². The molecular weight excluding hydrogens is 233 g/mol. The standard InChI is InChI=1S/C14H16FNO2/c1-10(16)14(12-6-2-3-7-13(12)15)18-9-11-5-4-8-17-11/h2-8,10,14H,9,16H2,1H3. The van der Waals surface area contributed by atoms with E-state index in [1.807, 2.05) is 0 Å². The van der Waals surface area contributed by atoms with E-state index in [1.54, 1.807) is 43.5 Å². The maximum atomic E-state index is 13.7. The molecule has 0 fully saturated rings. The molecule has 0 bridgehead atoms. The van der Waals surface area contributed by atoms with E-state index in [0.717, 1.165) is 0 Å². The Balaban J connectivity index is 2.11. The van der Waals surface area contributed by atoms with Gasteiger partial charge in [0, 0.05) is 11.6 Å². The SMILES string of the molecule is CC(N)C(OCc1ccco1)c1ccccc1F. The summed E-state index contributed by atoms with van der Waals surface area (Å²) in [6.45, 7) is 2.06. The molecule has 2 atom stereocenters. The smallest absolute Gasteiger partial charge is 0.129 e. The van der Waals surface area contributed by atoms with Gasteiger partial charge >= 0.3 is 0 Å². The van der Waals surface area contributed by atoms with Gasteiger partial charge in [-0.05, 0) is 25.1 Å². The van der Waals surface area contributed by atoms with Crippen LogP contribution >= 0.6 is 0 Å². The Hall–Kier alpha value is -1.65. The van der Waals surface area contributed by atoms with Crippen LogP contribution in [0.15, 0.2) is 47.1 Å². The van der Waals surface area contributed by atoms with Crippen LogP contribution in [-0.4, -0.2) is 6.04 Å². The largest absolute Gasteiger partial charge is 0.467 e. The van der Waals surface area contributed by atoms with Crippen molar-refractivity contribution in [1.29, 1.82) is 0 Å². The number of nitrogens with two attached hydrogens (primary N) is 1. The molecule has 2 unspecified atom stereocenters. The van der Waals surface area contributed by atoms with Crippen LogP contribution in [0.1, 0.15) is 24.4 Å². The Kier molecular flexibility index (Phi) is 4.12. The lowest BCUT2D eigenvalue weighted by molar-refractivity contribution is 0.0149. The lowest BCUT2D eigenvalue weighted by Crippen LogP contribution is -2.27. The van der Waals surface area contributed by atoms with E-state index >= 15 is 0 Å². The summed E-state index contributed by atoms with van der Waals surface area (Å²) in [6, 6.07) is 9.78. The van der Waals surface area contributed by atoms with Crippen LogP contribution in [0, 0.1) is 5.82 Å². The Bertz CT molecular complexity index is 482. The summed E-state index contributed by atoms with van der Waals surface area (Å²) in [5.41, 5.74) is 6.33. The fraction of sp³-hybridized carbons (Fsp3) is 0.286. The molecule has 0 aliphatic carbocycles. The lowest BCUT2D eigenvalue weighted by atomic mass is 10.0. The normalized spacial score (nSPS) is 14.4. The van der Waals surface area contributed by atoms with Crippen LogP contribution in [0.4, 0.5) is 4.39 Å². The van der Waals surface area contributed by atoms with Crippen molar-refractivity contribution < 1.29 is 13.5 Å². The molecule has 0 saturated heterocycles. The van der Waals surface area contributed by atoms with Crippen LogP contribution in [0.3, 0.4) is 0 Å². The predicted octanol–water partition coefficient (Wildman–Crippen LogP) is 3.02. The van der Waals surface area contributed by atoms with Crippen molar-refractivity contribution >= 4 is 0 Å². The van der Waals surface area contributed by atoms with E-state index in [1.165, 1.54) is 6.07 Å². The number of rotatable bonds is 5. The molecule has 0 amide bonds. The van der Waals surface area contributed by atoms with Gasteiger partial charge in [-0.1, -0.05) is 18.2 Å². The number of hydrogen-bond acceptors (Lipinski definition) is 3. The van der Waals surface area contributed by atoms with Gasteiger partial charge in [-0.3, -0.25) is 0 Å². The van der Waals surface area contributed by atoms with Gasteiger partial charge in [0.2, 0.25) is 0 Å². The van der Waals surface area contributed by atoms with Crippen molar-refractivity contribution in [3.05, 3.63) is 59.8 Å². The Morgan fingerprint density at radius 1 is 1.28 bits per heavy atom. The summed E-state index contributed by atoms with van der Waals surface area (Å²) in [5, 5.41) is 0. The summed E-state index contributed by atoms with van der Waals surface area (Å²) in [5.74, 6) is 0.385. The van der Waals surface area contributed by atoms with Gasteiger partial charge in [-0.2, -0.15) is 0 Å². The van der Waals surface area contributed by atoms with Crippen molar-refractivity contribution in [2.24, 2.45) is 5.73 Å². The monoisotopic (exact) mass is 249 g/mol. The van der Waals surface area contributed by atoms with Gasteiger partial charge in [0.25, 0.3) is 0 Å². The highest BCUT2D eigenvalue weighted by atomic mass is 19.1. The number of furan rings is 1. The van der Waals surface area contributed by atoms with Crippen LogP contribution in [-0.2, 0) is 11.3 Å². The van der Waals surface area contributed by atoms with Crippen LogP contribution in [0.2, 0.25) is 0 Å². The number of hydrogen-bond donors (Lipinski definition) is 1. The van der Waals surface area contributed by atoms with Crippen molar-refractivity contribution in [2.75, 3.05) is 0 Å². The molecule has 96 valence electrons. The zero-order chi connectivity index (χ0) is 13.0. The first kappa shape index (κ1) is 12.8. The number of benzene rings is 1. The molecule has 0 aliphatic rings. The summed E-state index contributed by atoms with van der Waals surface area (Å²) >= 11 is 0. The molecule has 2 aromatic rings. The zero-order valence-electron chi connectivity index (χ0n) is 10.2. The highest BCUT2D eigenvalue weighted by Crippen LogP contribution is 2.24. The minimum Gasteiger partial charge on any atom is -0.467 e. The summed E-state index contributed by atoms with van der Waals surface area (Å²) in [4.78, 5) is 0. The maximum absolute atomic E-state index is 13.7. The fourth-order valence-electron chi connectivity index (χ4n) is 1.80. The summed E-state index contributed by atoms with van der Waals surface area (Å²) in [6.07, 6.45) is 1.08. The van der Waals surface area contributed by atoms with E-state index in [-0.39, 0.29) is 18.5 Å². The molecule has 18 heavy (non-hydrogen) atoms. The van der Waals surface area contributed by atoms with Crippen LogP contribution in [0.25, 0.3) is 0 Å². The first-order valence-corrected chi connectivity index (χ1v) is 5.82. The molecule has 2 N–H and O–H groups in total. The quantitative estimate of drug-likeness (QED) is 0.886. The van der Waals surface area contributed by atoms with Crippen molar-refractivity contribution in [1.82, 2.24) is 0 Å². The van der Waals surface area contributed by atoms with Gasteiger partial charge in [0.05, 0.1) is 6.26 Å². The highest BCUT2D eigenvalue weighted by Gasteiger charge is 2.20. The second-order valence-corrected chi connectivity index (χ2v) is 4.19. The predicted molar refractivity (Wildman–Crippen MR) is 66.3 cm³/mol. The highest BCUT2D eigenvalue weighted by molar-refractivity contribution is 5.21. The third kappa shape index (κ3) is 2.97. The second kappa shape index (κ2) is 5.80. The topological polar surface area (TPSA) is 48.4 Å². The summed E-state index contributed by atoms with van der Waals surface area (Å²) in [7, 11) is 0. The fourth-order valence-corrected chi connectivity index (χ4v) is 1.80.